The van der Waals surface area contributed by atoms with Gasteiger partial charge in [0.15, 0.2) is 5.17 Å². The number of carbonyl (C=O) groups is 1. The van der Waals surface area contributed by atoms with Gasteiger partial charge < -0.3 is 0 Å². The molecule has 1 amide bonds. The second kappa shape index (κ2) is 7.77. The molecule has 1 heterocycles. The summed E-state index contributed by atoms with van der Waals surface area (Å²) >= 11 is 4.44. The maximum absolute atomic E-state index is 12.6. The first-order valence-corrected chi connectivity index (χ1v) is 10.8. The minimum atomic E-state index is -3.87. The van der Waals surface area contributed by atoms with Gasteiger partial charge in [0.25, 0.3) is 15.9 Å². The van der Waals surface area contributed by atoms with Gasteiger partial charge in [-0.15, -0.1) is 4.40 Å². The molecule has 0 atom stereocenters. The van der Waals surface area contributed by atoms with Gasteiger partial charge in [0.05, 0.1) is 9.80 Å². The van der Waals surface area contributed by atoms with Crippen LogP contribution in [0.25, 0.3) is 6.08 Å². The fraction of sp³-hybridized carbons (Fsp3) is 0.111. The van der Waals surface area contributed by atoms with E-state index in [1.165, 1.54) is 17.0 Å². The number of rotatable bonds is 4. The molecule has 0 N–H and O–H groups in total. The number of amides is 1. The fourth-order valence-electron chi connectivity index (χ4n) is 2.31. The lowest BCUT2D eigenvalue weighted by Gasteiger charge is -2.11. The summed E-state index contributed by atoms with van der Waals surface area (Å²) in [6.45, 7) is 2.12. The maximum atomic E-state index is 12.6. The van der Waals surface area contributed by atoms with Crippen LogP contribution >= 0.6 is 27.7 Å². The molecule has 8 heteroatoms. The van der Waals surface area contributed by atoms with E-state index in [1.807, 2.05) is 24.3 Å². The van der Waals surface area contributed by atoms with Crippen LogP contribution < -0.4 is 0 Å². The molecular formula is C18H15BrN2O3S2. The van der Waals surface area contributed by atoms with Crippen molar-refractivity contribution in [1.82, 2.24) is 4.90 Å². The van der Waals surface area contributed by atoms with Crippen LogP contribution in [0.4, 0.5) is 0 Å². The van der Waals surface area contributed by atoms with E-state index in [9.17, 15) is 13.2 Å². The normalized spacial score (nSPS) is 18.1. The molecule has 0 bridgehead atoms. The molecule has 0 aliphatic carbocycles. The van der Waals surface area contributed by atoms with Gasteiger partial charge in [-0.25, -0.2) is 0 Å². The number of thioether (sulfide) groups is 1. The number of nitrogens with zero attached hydrogens (tertiary/aromatic N) is 2. The Labute approximate surface area is 165 Å². The van der Waals surface area contributed by atoms with Crippen LogP contribution in [-0.4, -0.2) is 30.9 Å². The largest absolute Gasteiger partial charge is 0.286 e. The molecule has 2 aromatic carbocycles. The summed E-state index contributed by atoms with van der Waals surface area (Å²) < 4.78 is 29.8. The van der Waals surface area contributed by atoms with Crippen molar-refractivity contribution in [3.63, 3.8) is 0 Å². The van der Waals surface area contributed by atoms with Crippen molar-refractivity contribution in [3.8, 4) is 0 Å². The number of likely N-dealkylation sites (N-methyl/N-ethyl adjacent to an activating group) is 1. The van der Waals surface area contributed by atoms with Gasteiger partial charge in [-0.3, -0.25) is 9.69 Å². The zero-order valence-corrected chi connectivity index (χ0v) is 17.0. The molecule has 5 nitrogen and oxygen atoms in total. The number of hydrogen-bond acceptors (Lipinski definition) is 4. The first-order valence-electron chi connectivity index (χ1n) is 7.77. The van der Waals surface area contributed by atoms with E-state index >= 15 is 0 Å². The van der Waals surface area contributed by atoms with E-state index in [-0.39, 0.29) is 16.0 Å². The van der Waals surface area contributed by atoms with Crippen molar-refractivity contribution in [2.24, 2.45) is 4.40 Å². The quantitative estimate of drug-likeness (QED) is 0.656. The summed E-state index contributed by atoms with van der Waals surface area (Å²) in [6.07, 6.45) is 1.74. The van der Waals surface area contributed by atoms with Crippen molar-refractivity contribution in [1.29, 1.82) is 0 Å². The van der Waals surface area contributed by atoms with Gasteiger partial charge in [0.1, 0.15) is 0 Å². The summed E-state index contributed by atoms with van der Waals surface area (Å²) in [7, 11) is -3.87. The van der Waals surface area contributed by atoms with Crippen LogP contribution in [0.15, 0.2) is 73.3 Å². The summed E-state index contributed by atoms with van der Waals surface area (Å²) in [5.41, 5.74) is 0.854. The number of halogens is 1. The molecule has 3 rings (SSSR count). The van der Waals surface area contributed by atoms with Crippen LogP contribution in [0, 0.1) is 0 Å². The summed E-state index contributed by atoms with van der Waals surface area (Å²) in [4.78, 5) is 14.5. The van der Waals surface area contributed by atoms with E-state index in [2.05, 4.69) is 20.3 Å². The minimum absolute atomic E-state index is 0.0990. The van der Waals surface area contributed by atoms with Gasteiger partial charge in [-0.2, -0.15) is 8.42 Å². The topological polar surface area (TPSA) is 66.8 Å². The molecule has 0 radical (unpaired) electrons. The summed E-state index contributed by atoms with van der Waals surface area (Å²) in [5, 5.41) is 0.171. The Hall–Kier alpha value is -1.90. The summed E-state index contributed by atoms with van der Waals surface area (Å²) in [5.74, 6) is -0.248. The maximum Gasteiger partial charge on any atom is 0.284 e. The van der Waals surface area contributed by atoms with E-state index in [4.69, 9.17) is 0 Å². The summed E-state index contributed by atoms with van der Waals surface area (Å²) in [6, 6.07) is 15.5. The molecule has 1 aliphatic heterocycles. The zero-order chi connectivity index (χ0) is 18.7. The smallest absolute Gasteiger partial charge is 0.284 e. The number of hydrogen-bond donors (Lipinski definition) is 0. The van der Waals surface area contributed by atoms with Crippen LogP contribution in [0.1, 0.15) is 12.5 Å². The van der Waals surface area contributed by atoms with Gasteiger partial charge in [-0.05, 0) is 54.6 Å². The number of amidine groups is 1. The molecule has 134 valence electrons. The predicted molar refractivity (Wildman–Crippen MR) is 108 cm³/mol. The van der Waals surface area contributed by atoms with Crippen molar-refractivity contribution in [3.05, 3.63) is 69.5 Å². The van der Waals surface area contributed by atoms with Gasteiger partial charge in [0, 0.05) is 11.0 Å². The Morgan fingerprint density at radius 3 is 2.38 bits per heavy atom. The lowest BCUT2D eigenvalue weighted by Crippen LogP contribution is -2.29. The van der Waals surface area contributed by atoms with E-state index in [1.54, 1.807) is 31.2 Å². The Kier molecular flexibility index (Phi) is 5.64. The van der Waals surface area contributed by atoms with Gasteiger partial charge in [-0.1, -0.05) is 46.3 Å². The molecule has 0 unspecified atom stereocenters. The molecule has 0 spiro atoms. The molecule has 0 aromatic heterocycles. The Bertz CT molecular complexity index is 985. The highest BCUT2D eigenvalue weighted by molar-refractivity contribution is 9.10. The lowest BCUT2D eigenvalue weighted by molar-refractivity contribution is -0.122. The standard InChI is InChI=1S/C18H15BrN2O3S2/c1-2-21-17(22)16(12-13-8-10-14(19)11-9-13)25-18(21)20-26(23,24)15-6-4-3-5-7-15/h3-12H,2H2,1H3/b16-12-,20-18-. The first-order chi connectivity index (χ1) is 12.4. The Balaban J connectivity index is 1.96. The highest BCUT2D eigenvalue weighted by Crippen LogP contribution is 2.33. The molecule has 2 aromatic rings. The monoisotopic (exact) mass is 450 g/mol. The predicted octanol–water partition coefficient (Wildman–Crippen LogP) is 4.13. The Morgan fingerprint density at radius 1 is 1.12 bits per heavy atom. The Morgan fingerprint density at radius 2 is 1.77 bits per heavy atom. The van der Waals surface area contributed by atoms with Gasteiger partial charge >= 0.3 is 0 Å². The highest BCUT2D eigenvalue weighted by Gasteiger charge is 2.33. The van der Waals surface area contributed by atoms with Crippen LogP contribution in [0.3, 0.4) is 0 Å². The lowest BCUT2D eigenvalue weighted by atomic mass is 10.2. The highest BCUT2D eigenvalue weighted by atomic mass is 79.9. The average Bonchev–Trinajstić information content (AvgIpc) is 2.91. The van der Waals surface area contributed by atoms with Crippen LogP contribution in [0.2, 0.25) is 0 Å². The van der Waals surface area contributed by atoms with E-state index in [0.29, 0.717) is 11.4 Å². The fourth-order valence-corrected chi connectivity index (χ4v) is 4.84. The van der Waals surface area contributed by atoms with Crippen molar-refractivity contribution in [2.75, 3.05) is 6.54 Å². The number of carbonyl (C=O) groups excluding carboxylic acids is 1. The third-order valence-corrected chi connectivity index (χ3v) is 6.54. The molecule has 26 heavy (non-hydrogen) atoms. The van der Waals surface area contributed by atoms with Crippen LogP contribution in [-0.2, 0) is 14.8 Å². The molecular weight excluding hydrogens is 436 g/mol. The third kappa shape index (κ3) is 4.08. The van der Waals surface area contributed by atoms with Gasteiger partial charge in [0.2, 0.25) is 0 Å². The first kappa shape index (κ1) is 18.9. The van der Waals surface area contributed by atoms with E-state index < -0.39 is 10.0 Å². The van der Waals surface area contributed by atoms with E-state index in [0.717, 1.165) is 21.8 Å². The molecule has 1 saturated heterocycles. The second-order valence-corrected chi connectivity index (χ2v) is 8.90. The SMILES string of the molecule is CCN1C(=O)/C(=C/c2ccc(Br)cc2)S/C1=N\S(=O)(=O)c1ccccc1. The average molecular weight is 451 g/mol. The molecule has 1 fully saturated rings. The van der Waals surface area contributed by atoms with Crippen LogP contribution in [0.5, 0.6) is 0 Å². The second-order valence-electron chi connectivity index (χ2n) is 5.37. The minimum Gasteiger partial charge on any atom is -0.286 e. The zero-order valence-electron chi connectivity index (χ0n) is 13.8. The third-order valence-electron chi connectivity index (χ3n) is 3.61. The van der Waals surface area contributed by atoms with Crippen molar-refractivity contribution < 1.29 is 13.2 Å². The number of sulfonamides is 1. The number of benzene rings is 2. The molecule has 1 aliphatic rings. The van der Waals surface area contributed by atoms with Crippen molar-refractivity contribution in [2.45, 2.75) is 11.8 Å². The van der Waals surface area contributed by atoms with Crippen molar-refractivity contribution >= 4 is 54.9 Å². The molecule has 0 saturated carbocycles.